The van der Waals surface area contributed by atoms with E-state index in [2.05, 4.69) is 0 Å². The predicted molar refractivity (Wildman–Crippen MR) is 42.0 cm³/mol. The van der Waals surface area contributed by atoms with Gasteiger partial charge < -0.3 is 10.0 Å². The first-order valence-electron chi connectivity index (χ1n) is 3.87. The monoisotopic (exact) mass is 157 g/mol. The fourth-order valence-electron chi connectivity index (χ4n) is 1.64. The quantitative estimate of drug-likeness (QED) is 0.592. The summed E-state index contributed by atoms with van der Waals surface area (Å²) in [5, 5.41) is 8.89. The van der Waals surface area contributed by atoms with E-state index in [4.69, 9.17) is 5.11 Å². The lowest BCUT2D eigenvalue weighted by Gasteiger charge is -2.16. The van der Waals surface area contributed by atoms with Crippen LogP contribution in [-0.4, -0.2) is 35.6 Å². The molecule has 3 heteroatoms. The minimum atomic E-state index is -0.276. The Balaban J connectivity index is 2.77. The molecule has 1 aliphatic rings. The van der Waals surface area contributed by atoms with Gasteiger partial charge in [0.15, 0.2) is 0 Å². The molecule has 0 saturated carbocycles. The summed E-state index contributed by atoms with van der Waals surface area (Å²) >= 11 is 0. The number of aliphatic hydroxyl groups is 1. The van der Waals surface area contributed by atoms with Gasteiger partial charge in [-0.2, -0.15) is 0 Å². The number of hydrogen-bond donors (Lipinski definition) is 1. The predicted octanol–water partition coefficient (Wildman–Crippen LogP) is 0.236. The van der Waals surface area contributed by atoms with Gasteiger partial charge in [0.2, 0.25) is 5.91 Å². The number of hydrogen-bond acceptors (Lipinski definition) is 2. The Hall–Kier alpha value is -0.570. The molecule has 0 bridgehead atoms. The Labute approximate surface area is 67.0 Å². The molecule has 1 atom stereocenters. The lowest BCUT2D eigenvalue weighted by molar-refractivity contribution is -0.134. The first-order valence-corrected chi connectivity index (χ1v) is 3.87. The summed E-state index contributed by atoms with van der Waals surface area (Å²) in [6.07, 6.45) is 0.763. The van der Waals surface area contributed by atoms with Gasteiger partial charge in [0.25, 0.3) is 0 Å². The molecule has 1 rings (SSSR count). The van der Waals surface area contributed by atoms with Gasteiger partial charge in [-0.1, -0.05) is 13.8 Å². The van der Waals surface area contributed by atoms with E-state index in [1.165, 1.54) is 0 Å². The van der Waals surface area contributed by atoms with E-state index in [1.54, 1.807) is 11.9 Å². The molecule has 3 nitrogen and oxygen atoms in total. The smallest absolute Gasteiger partial charge is 0.228 e. The fourth-order valence-corrected chi connectivity index (χ4v) is 1.64. The van der Waals surface area contributed by atoms with Crippen molar-refractivity contribution in [2.45, 2.75) is 26.3 Å². The van der Waals surface area contributed by atoms with Gasteiger partial charge in [-0.15, -0.1) is 0 Å². The van der Waals surface area contributed by atoms with E-state index in [1.807, 2.05) is 13.8 Å². The van der Waals surface area contributed by atoms with E-state index in [9.17, 15) is 4.79 Å². The number of nitrogens with zero attached hydrogens (tertiary/aromatic N) is 1. The van der Waals surface area contributed by atoms with Crippen LogP contribution in [0.15, 0.2) is 0 Å². The summed E-state index contributed by atoms with van der Waals surface area (Å²) in [6, 6.07) is 0.0255. The van der Waals surface area contributed by atoms with Crippen LogP contribution in [0.3, 0.4) is 0 Å². The Morgan fingerprint density at radius 2 is 2.27 bits per heavy atom. The SMILES string of the molecule is CN1C(=O)C(C)(C)C[C@H]1CO. The molecule has 0 aromatic heterocycles. The third-order valence-corrected chi connectivity index (χ3v) is 2.40. The highest BCUT2D eigenvalue weighted by atomic mass is 16.3. The Morgan fingerprint density at radius 1 is 1.73 bits per heavy atom. The second kappa shape index (κ2) is 2.48. The summed E-state index contributed by atoms with van der Waals surface area (Å²) < 4.78 is 0. The van der Waals surface area contributed by atoms with Crippen LogP contribution in [0.25, 0.3) is 0 Å². The molecule has 0 radical (unpaired) electrons. The van der Waals surface area contributed by atoms with E-state index in [0.717, 1.165) is 6.42 Å². The minimum absolute atomic E-state index is 0.0255. The van der Waals surface area contributed by atoms with Gasteiger partial charge in [0, 0.05) is 12.5 Å². The van der Waals surface area contributed by atoms with E-state index < -0.39 is 0 Å². The van der Waals surface area contributed by atoms with Crippen molar-refractivity contribution in [3.05, 3.63) is 0 Å². The molecule has 0 spiro atoms. The Morgan fingerprint density at radius 3 is 2.45 bits per heavy atom. The second-order valence-corrected chi connectivity index (χ2v) is 3.84. The first kappa shape index (κ1) is 8.53. The Bertz CT molecular complexity index is 177. The summed E-state index contributed by atoms with van der Waals surface area (Å²) in [5.41, 5.74) is -0.276. The maximum Gasteiger partial charge on any atom is 0.228 e. The lowest BCUT2D eigenvalue weighted by Crippen LogP contribution is -2.33. The van der Waals surface area contributed by atoms with Gasteiger partial charge >= 0.3 is 0 Å². The molecule has 0 aliphatic carbocycles. The number of likely N-dealkylation sites (N-methyl/N-ethyl adjacent to an activating group) is 1. The van der Waals surface area contributed by atoms with Crippen LogP contribution in [0.2, 0.25) is 0 Å². The molecule has 11 heavy (non-hydrogen) atoms. The van der Waals surface area contributed by atoms with E-state index >= 15 is 0 Å². The van der Waals surface area contributed by atoms with Crippen molar-refractivity contribution in [3.8, 4) is 0 Å². The zero-order valence-corrected chi connectivity index (χ0v) is 7.29. The van der Waals surface area contributed by atoms with Crippen molar-refractivity contribution in [2.75, 3.05) is 13.7 Å². The molecule has 1 fully saturated rings. The standard InChI is InChI=1S/C8H15NO2/c1-8(2)4-6(5-10)9(3)7(8)11/h6,10H,4-5H2,1-3H3/t6-/m0/s1. The Kier molecular flexibility index (Phi) is 1.92. The maximum atomic E-state index is 11.4. The highest BCUT2D eigenvalue weighted by Gasteiger charge is 2.42. The van der Waals surface area contributed by atoms with E-state index in [-0.39, 0.29) is 24.0 Å². The van der Waals surface area contributed by atoms with Crippen molar-refractivity contribution < 1.29 is 9.90 Å². The van der Waals surface area contributed by atoms with Gasteiger partial charge in [-0.25, -0.2) is 0 Å². The molecule has 0 unspecified atom stereocenters. The lowest BCUT2D eigenvalue weighted by atomic mass is 9.90. The van der Waals surface area contributed by atoms with Crippen LogP contribution in [0, 0.1) is 5.41 Å². The molecule has 0 aromatic rings. The number of amides is 1. The highest BCUT2D eigenvalue weighted by Crippen LogP contribution is 2.33. The summed E-state index contributed by atoms with van der Waals surface area (Å²) in [4.78, 5) is 13.0. The summed E-state index contributed by atoms with van der Waals surface area (Å²) in [6.45, 7) is 3.91. The minimum Gasteiger partial charge on any atom is -0.394 e. The molecule has 1 saturated heterocycles. The normalized spacial score (nSPS) is 29.6. The third-order valence-electron chi connectivity index (χ3n) is 2.40. The van der Waals surface area contributed by atoms with Crippen LogP contribution in [0.1, 0.15) is 20.3 Å². The van der Waals surface area contributed by atoms with Crippen LogP contribution < -0.4 is 0 Å². The van der Waals surface area contributed by atoms with Crippen LogP contribution in [0.5, 0.6) is 0 Å². The zero-order valence-electron chi connectivity index (χ0n) is 7.29. The molecule has 1 N–H and O–H groups in total. The molecular weight excluding hydrogens is 142 g/mol. The highest BCUT2D eigenvalue weighted by molar-refractivity contribution is 5.84. The number of carbonyl (C=O) groups excluding carboxylic acids is 1. The van der Waals surface area contributed by atoms with Gasteiger partial charge in [-0.3, -0.25) is 4.79 Å². The number of carbonyl (C=O) groups is 1. The van der Waals surface area contributed by atoms with Crippen molar-refractivity contribution in [1.82, 2.24) is 4.90 Å². The molecule has 64 valence electrons. The summed E-state index contributed by atoms with van der Waals surface area (Å²) in [5.74, 6) is 0.136. The van der Waals surface area contributed by atoms with Crippen molar-refractivity contribution in [2.24, 2.45) is 5.41 Å². The molecular formula is C8H15NO2. The first-order chi connectivity index (χ1) is 4.99. The average Bonchev–Trinajstić information content (AvgIpc) is 2.13. The molecule has 1 aliphatic heterocycles. The summed E-state index contributed by atoms with van der Waals surface area (Å²) in [7, 11) is 1.75. The molecule has 1 heterocycles. The number of aliphatic hydroxyl groups excluding tert-OH is 1. The molecule has 0 aromatic carbocycles. The number of likely N-dealkylation sites (tertiary alicyclic amines) is 1. The third kappa shape index (κ3) is 1.25. The van der Waals surface area contributed by atoms with Crippen molar-refractivity contribution in [1.29, 1.82) is 0 Å². The fraction of sp³-hybridized carbons (Fsp3) is 0.875. The van der Waals surface area contributed by atoms with Gasteiger partial charge in [0.05, 0.1) is 12.6 Å². The van der Waals surface area contributed by atoms with Crippen LogP contribution in [0.4, 0.5) is 0 Å². The number of rotatable bonds is 1. The topological polar surface area (TPSA) is 40.5 Å². The van der Waals surface area contributed by atoms with Gasteiger partial charge in [0.1, 0.15) is 0 Å². The van der Waals surface area contributed by atoms with Crippen LogP contribution in [-0.2, 0) is 4.79 Å². The molecule has 1 amide bonds. The maximum absolute atomic E-state index is 11.4. The largest absolute Gasteiger partial charge is 0.394 e. The average molecular weight is 157 g/mol. The zero-order chi connectivity index (χ0) is 8.65. The second-order valence-electron chi connectivity index (χ2n) is 3.84. The van der Waals surface area contributed by atoms with Gasteiger partial charge in [-0.05, 0) is 6.42 Å². The van der Waals surface area contributed by atoms with Crippen molar-refractivity contribution >= 4 is 5.91 Å². The van der Waals surface area contributed by atoms with Crippen molar-refractivity contribution in [3.63, 3.8) is 0 Å². The van der Waals surface area contributed by atoms with Crippen LogP contribution >= 0.6 is 0 Å². The van der Waals surface area contributed by atoms with E-state index in [0.29, 0.717) is 0 Å².